The van der Waals surface area contributed by atoms with Crippen LogP contribution >= 0.6 is 27.7 Å². The molecule has 2 aliphatic heterocycles. The topological polar surface area (TPSA) is 85.3 Å². The number of rotatable bonds is 5. The van der Waals surface area contributed by atoms with Crippen LogP contribution in [-0.4, -0.2) is 56.5 Å². The number of aliphatic imine (C=N–C) groups is 1. The van der Waals surface area contributed by atoms with E-state index >= 15 is 0 Å². The highest BCUT2D eigenvalue weighted by molar-refractivity contribution is 9.10. The van der Waals surface area contributed by atoms with Crippen LogP contribution in [0.5, 0.6) is 11.5 Å². The Balaban J connectivity index is 1.64. The number of amidine groups is 1. The minimum atomic E-state index is -3.24. The van der Waals surface area contributed by atoms with Crippen molar-refractivity contribution in [2.75, 3.05) is 30.6 Å². The van der Waals surface area contributed by atoms with Gasteiger partial charge in [-0.2, -0.15) is 4.99 Å². The van der Waals surface area contributed by atoms with E-state index < -0.39 is 27.6 Å². The maximum Gasteiger partial charge on any atom is 0.252 e. The summed E-state index contributed by atoms with van der Waals surface area (Å²) in [7, 11) is -0.205. The molecule has 2 aromatic carbocycles. The molecule has 0 N–H and O–H groups in total. The van der Waals surface area contributed by atoms with Gasteiger partial charge in [0.1, 0.15) is 5.82 Å². The lowest BCUT2D eigenvalue weighted by atomic mass is 10.1. The smallest absolute Gasteiger partial charge is 0.252 e. The van der Waals surface area contributed by atoms with Crippen LogP contribution < -0.4 is 14.4 Å². The van der Waals surface area contributed by atoms with E-state index in [9.17, 15) is 17.6 Å². The number of ether oxygens (including phenoxy) is 2. The van der Waals surface area contributed by atoms with Crippen molar-refractivity contribution in [1.29, 1.82) is 0 Å². The molecule has 0 bridgehead atoms. The van der Waals surface area contributed by atoms with Gasteiger partial charge in [-0.05, 0) is 35.9 Å². The van der Waals surface area contributed by atoms with E-state index in [1.54, 1.807) is 35.2 Å². The average Bonchev–Trinajstić information content (AvgIpc) is 3.19. The van der Waals surface area contributed by atoms with E-state index in [1.807, 2.05) is 0 Å². The van der Waals surface area contributed by atoms with Gasteiger partial charge in [-0.15, -0.1) is 0 Å². The molecule has 0 aromatic heterocycles. The minimum absolute atomic E-state index is 0.00864. The molecule has 0 unspecified atom stereocenters. The molecule has 2 aromatic rings. The summed E-state index contributed by atoms with van der Waals surface area (Å²) in [6.07, 6.45) is 0.00864. The van der Waals surface area contributed by atoms with Crippen molar-refractivity contribution in [1.82, 2.24) is 0 Å². The number of halogens is 2. The normalized spacial score (nSPS) is 22.8. The average molecular weight is 543 g/mol. The molecule has 170 valence electrons. The number of hydrogen-bond acceptors (Lipinski definition) is 6. The number of thioether (sulfide) groups is 1. The first-order valence-electron chi connectivity index (χ1n) is 9.64. The number of methoxy groups -OCH3 is 2. The number of carbonyl (C=O) groups excluding carboxylic acids is 1. The van der Waals surface area contributed by atoms with Crippen molar-refractivity contribution in [3.63, 3.8) is 0 Å². The molecule has 0 aliphatic carbocycles. The second-order valence-electron chi connectivity index (χ2n) is 7.42. The second-order valence-corrected chi connectivity index (χ2v) is 11.7. The molecule has 4 rings (SSSR count). The Kier molecular flexibility index (Phi) is 6.51. The Morgan fingerprint density at radius 2 is 1.94 bits per heavy atom. The van der Waals surface area contributed by atoms with Crippen LogP contribution in [0, 0.1) is 5.82 Å². The Morgan fingerprint density at radius 3 is 2.62 bits per heavy atom. The predicted molar refractivity (Wildman–Crippen MR) is 126 cm³/mol. The SMILES string of the molecule is COc1ccc(CC(=O)N=C2S[C@H]3CS(=O)(=O)C[C@@H]3N2c2ccc(Br)cc2F)cc1OC. The fraction of sp³-hybridized carbons (Fsp3) is 0.333. The third-order valence-electron chi connectivity index (χ3n) is 5.26. The molecular formula is C21H20BrFN2O5S2. The van der Waals surface area contributed by atoms with Gasteiger partial charge in [-0.3, -0.25) is 4.79 Å². The van der Waals surface area contributed by atoms with E-state index in [4.69, 9.17) is 9.47 Å². The van der Waals surface area contributed by atoms with Crippen LogP contribution in [0.15, 0.2) is 45.9 Å². The van der Waals surface area contributed by atoms with Crippen molar-refractivity contribution in [3.8, 4) is 11.5 Å². The summed E-state index contributed by atoms with van der Waals surface area (Å²) in [5.41, 5.74) is 0.882. The summed E-state index contributed by atoms with van der Waals surface area (Å²) in [6.45, 7) is 0. The van der Waals surface area contributed by atoms with E-state index in [2.05, 4.69) is 20.9 Å². The molecular weight excluding hydrogens is 523 g/mol. The highest BCUT2D eigenvalue weighted by atomic mass is 79.9. The van der Waals surface area contributed by atoms with Gasteiger partial charge in [-0.1, -0.05) is 33.8 Å². The van der Waals surface area contributed by atoms with Crippen LogP contribution in [0.3, 0.4) is 0 Å². The summed E-state index contributed by atoms with van der Waals surface area (Å²) in [4.78, 5) is 18.6. The molecule has 2 saturated heterocycles. The van der Waals surface area contributed by atoms with Gasteiger partial charge in [0, 0.05) is 9.72 Å². The third-order valence-corrected chi connectivity index (χ3v) is 8.96. The molecule has 1 amide bonds. The van der Waals surface area contributed by atoms with Crippen molar-refractivity contribution in [3.05, 3.63) is 52.3 Å². The number of hydrogen-bond donors (Lipinski definition) is 0. The quantitative estimate of drug-likeness (QED) is 0.571. The lowest BCUT2D eigenvalue weighted by molar-refractivity contribution is -0.117. The number of amides is 1. The van der Waals surface area contributed by atoms with Crippen LogP contribution in [0.4, 0.5) is 10.1 Å². The molecule has 32 heavy (non-hydrogen) atoms. The van der Waals surface area contributed by atoms with E-state index in [1.165, 1.54) is 32.0 Å². The third kappa shape index (κ3) is 4.65. The molecule has 2 fully saturated rings. The Morgan fingerprint density at radius 1 is 1.19 bits per heavy atom. The predicted octanol–water partition coefficient (Wildman–Crippen LogP) is 3.45. The molecule has 7 nitrogen and oxygen atoms in total. The zero-order valence-electron chi connectivity index (χ0n) is 17.2. The zero-order chi connectivity index (χ0) is 23.0. The van der Waals surface area contributed by atoms with Crippen molar-refractivity contribution >= 4 is 54.3 Å². The summed E-state index contributed by atoms with van der Waals surface area (Å²) < 4.78 is 50.2. The van der Waals surface area contributed by atoms with Crippen LogP contribution in [-0.2, 0) is 21.1 Å². The van der Waals surface area contributed by atoms with Gasteiger partial charge in [0.2, 0.25) is 0 Å². The van der Waals surface area contributed by atoms with E-state index in [0.717, 1.165) is 0 Å². The molecule has 2 aliphatic rings. The van der Waals surface area contributed by atoms with Crippen molar-refractivity contribution in [2.24, 2.45) is 4.99 Å². The van der Waals surface area contributed by atoms with Crippen LogP contribution in [0.25, 0.3) is 0 Å². The molecule has 0 saturated carbocycles. The first-order valence-corrected chi connectivity index (χ1v) is 13.1. The van der Waals surface area contributed by atoms with Gasteiger partial charge in [-0.25, -0.2) is 12.8 Å². The maximum absolute atomic E-state index is 14.8. The van der Waals surface area contributed by atoms with Gasteiger partial charge in [0.25, 0.3) is 5.91 Å². The standard InChI is InChI=1S/C21H20BrFN2O5S2/c1-29-17-6-3-12(7-18(17)30-2)8-20(26)24-21-25(15-5-4-13(22)9-14(15)23)16-10-32(27,28)11-19(16)31-21/h3-7,9,16,19H,8,10-11H2,1-2H3/t16-,19-/m0/s1. The van der Waals surface area contributed by atoms with Gasteiger partial charge < -0.3 is 14.4 Å². The Bertz CT molecular complexity index is 1200. The molecule has 0 spiro atoms. The first-order chi connectivity index (χ1) is 15.2. The lowest BCUT2D eigenvalue weighted by Gasteiger charge is -2.25. The van der Waals surface area contributed by atoms with Crippen molar-refractivity contribution in [2.45, 2.75) is 17.7 Å². The number of anilines is 1. The Labute approximate surface area is 198 Å². The molecule has 11 heteroatoms. The number of sulfone groups is 1. The summed E-state index contributed by atoms with van der Waals surface area (Å²) >= 11 is 4.44. The Hall–Kier alpha value is -2.11. The maximum atomic E-state index is 14.8. The first kappa shape index (κ1) is 23.1. The van der Waals surface area contributed by atoms with E-state index in [0.29, 0.717) is 26.7 Å². The van der Waals surface area contributed by atoms with Gasteiger partial charge in [0.15, 0.2) is 26.5 Å². The fourth-order valence-electron chi connectivity index (χ4n) is 3.83. The summed E-state index contributed by atoms with van der Waals surface area (Å²) in [5.74, 6) is -0.0375. The lowest BCUT2D eigenvalue weighted by Crippen LogP contribution is -2.38. The van der Waals surface area contributed by atoms with Gasteiger partial charge in [0.05, 0.1) is 43.9 Å². The molecule has 0 radical (unpaired) electrons. The van der Waals surface area contributed by atoms with E-state index in [-0.39, 0.29) is 28.9 Å². The van der Waals surface area contributed by atoms with Crippen molar-refractivity contribution < 1.29 is 27.1 Å². The number of benzene rings is 2. The number of fused-ring (bicyclic) bond motifs is 1. The molecule has 2 atom stereocenters. The monoisotopic (exact) mass is 542 g/mol. The highest BCUT2D eigenvalue weighted by Gasteiger charge is 2.50. The fourth-order valence-corrected chi connectivity index (χ4v) is 8.09. The van der Waals surface area contributed by atoms with Crippen LogP contribution in [0.1, 0.15) is 5.56 Å². The largest absolute Gasteiger partial charge is 0.493 e. The zero-order valence-corrected chi connectivity index (χ0v) is 20.5. The highest BCUT2D eigenvalue weighted by Crippen LogP contribution is 2.42. The number of nitrogens with zero attached hydrogens (tertiary/aromatic N) is 2. The van der Waals surface area contributed by atoms with Gasteiger partial charge >= 0.3 is 0 Å². The summed E-state index contributed by atoms with van der Waals surface area (Å²) in [5, 5.41) is -0.00252. The number of carbonyl (C=O) groups is 1. The minimum Gasteiger partial charge on any atom is -0.493 e. The second kappa shape index (κ2) is 9.03. The van der Waals surface area contributed by atoms with Crippen LogP contribution in [0.2, 0.25) is 0 Å². The molecule has 2 heterocycles. The summed E-state index contributed by atoms with van der Waals surface area (Å²) in [6, 6.07) is 9.21.